The fourth-order valence-electron chi connectivity index (χ4n) is 1.45. The van der Waals surface area contributed by atoms with E-state index in [0.717, 1.165) is 37.8 Å². The molecule has 0 amide bonds. The highest BCUT2D eigenvalue weighted by Crippen LogP contribution is 2.20. The summed E-state index contributed by atoms with van der Waals surface area (Å²) in [6, 6.07) is 8.15. The maximum absolute atomic E-state index is 5.71. The number of halogens is 1. The van der Waals surface area contributed by atoms with Crippen molar-refractivity contribution in [2.24, 2.45) is 5.92 Å². The van der Waals surface area contributed by atoms with Crippen LogP contribution in [0.4, 0.5) is 0 Å². The SMILES string of the molecule is Ic1ccccc1OCCC1CNC1. The zero-order valence-corrected chi connectivity index (χ0v) is 10.2. The summed E-state index contributed by atoms with van der Waals surface area (Å²) in [6.07, 6.45) is 1.16. The van der Waals surface area contributed by atoms with Gasteiger partial charge in [0.25, 0.3) is 0 Å². The molecule has 0 aromatic heterocycles. The second-order valence-electron chi connectivity index (χ2n) is 3.59. The van der Waals surface area contributed by atoms with E-state index < -0.39 is 0 Å². The average molecular weight is 303 g/mol. The van der Waals surface area contributed by atoms with Crippen LogP contribution < -0.4 is 10.1 Å². The van der Waals surface area contributed by atoms with Crippen molar-refractivity contribution in [1.29, 1.82) is 0 Å². The largest absolute Gasteiger partial charge is 0.492 e. The Bertz CT molecular complexity index is 299. The van der Waals surface area contributed by atoms with E-state index in [1.807, 2.05) is 18.2 Å². The van der Waals surface area contributed by atoms with Crippen molar-refractivity contribution in [3.05, 3.63) is 27.8 Å². The molecule has 1 fully saturated rings. The molecule has 1 aromatic rings. The molecule has 0 atom stereocenters. The van der Waals surface area contributed by atoms with E-state index in [1.165, 1.54) is 3.57 Å². The van der Waals surface area contributed by atoms with Gasteiger partial charge in [-0.3, -0.25) is 0 Å². The van der Waals surface area contributed by atoms with Crippen molar-refractivity contribution in [2.75, 3.05) is 19.7 Å². The van der Waals surface area contributed by atoms with E-state index >= 15 is 0 Å². The molecule has 3 heteroatoms. The van der Waals surface area contributed by atoms with Crippen molar-refractivity contribution >= 4 is 22.6 Å². The number of benzene rings is 1. The zero-order chi connectivity index (χ0) is 9.80. The third-order valence-corrected chi connectivity index (χ3v) is 3.38. The summed E-state index contributed by atoms with van der Waals surface area (Å²) in [5, 5.41) is 3.26. The maximum Gasteiger partial charge on any atom is 0.132 e. The van der Waals surface area contributed by atoms with Crippen molar-refractivity contribution in [1.82, 2.24) is 5.32 Å². The molecule has 0 saturated carbocycles. The van der Waals surface area contributed by atoms with Crippen molar-refractivity contribution in [3.63, 3.8) is 0 Å². The molecule has 1 aromatic carbocycles. The Kier molecular flexibility index (Phi) is 3.64. The van der Waals surface area contributed by atoms with Gasteiger partial charge in [0.2, 0.25) is 0 Å². The Hall–Kier alpha value is -0.290. The van der Waals surface area contributed by atoms with E-state index in [4.69, 9.17) is 4.74 Å². The first kappa shape index (κ1) is 10.2. The molecule has 0 bridgehead atoms. The molecular weight excluding hydrogens is 289 g/mol. The first-order valence-electron chi connectivity index (χ1n) is 4.94. The minimum absolute atomic E-state index is 0.830. The van der Waals surface area contributed by atoms with Gasteiger partial charge in [0.05, 0.1) is 10.2 Å². The lowest BCUT2D eigenvalue weighted by molar-refractivity contribution is 0.237. The Morgan fingerprint density at radius 1 is 1.36 bits per heavy atom. The second kappa shape index (κ2) is 4.98. The molecule has 76 valence electrons. The van der Waals surface area contributed by atoms with Crippen LogP contribution in [0.15, 0.2) is 24.3 Å². The fraction of sp³-hybridized carbons (Fsp3) is 0.455. The van der Waals surface area contributed by atoms with Gasteiger partial charge in [-0.15, -0.1) is 0 Å². The van der Waals surface area contributed by atoms with E-state index in [0.29, 0.717) is 0 Å². The number of hydrogen-bond acceptors (Lipinski definition) is 2. The molecule has 14 heavy (non-hydrogen) atoms. The minimum Gasteiger partial charge on any atom is -0.492 e. The monoisotopic (exact) mass is 303 g/mol. The van der Waals surface area contributed by atoms with Crippen molar-refractivity contribution in [3.8, 4) is 5.75 Å². The Labute approximate surface area is 98.2 Å². The smallest absolute Gasteiger partial charge is 0.132 e. The van der Waals surface area contributed by atoms with Crippen LogP contribution in [0.3, 0.4) is 0 Å². The summed E-state index contributed by atoms with van der Waals surface area (Å²) in [7, 11) is 0. The highest BCUT2D eigenvalue weighted by Gasteiger charge is 2.16. The van der Waals surface area contributed by atoms with Crippen LogP contribution in [0, 0.1) is 9.49 Å². The summed E-state index contributed by atoms with van der Waals surface area (Å²) in [4.78, 5) is 0. The molecule has 0 unspecified atom stereocenters. The average Bonchev–Trinajstić information content (AvgIpc) is 2.12. The first-order valence-corrected chi connectivity index (χ1v) is 6.02. The molecule has 1 saturated heterocycles. The third-order valence-electron chi connectivity index (χ3n) is 2.49. The third kappa shape index (κ3) is 2.60. The lowest BCUT2D eigenvalue weighted by atomic mass is 10.0. The minimum atomic E-state index is 0.830. The normalized spacial score (nSPS) is 16.4. The van der Waals surface area contributed by atoms with Crippen LogP contribution in [0.5, 0.6) is 5.75 Å². The molecule has 1 N–H and O–H groups in total. The lowest BCUT2D eigenvalue weighted by Gasteiger charge is -2.26. The summed E-state index contributed by atoms with van der Waals surface area (Å²) in [5.41, 5.74) is 0. The van der Waals surface area contributed by atoms with Crippen LogP contribution in [0.25, 0.3) is 0 Å². The van der Waals surface area contributed by atoms with E-state index in [1.54, 1.807) is 0 Å². The van der Waals surface area contributed by atoms with Crippen LogP contribution in [0.1, 0.15) is 6.42 Å². The summed E-state index contributed by atoms with van der Waals surface area (Å²) >= 11 is 2.30. The Morgan fingerprint density at radius 2 is 2.14 bits per heavy atom. The summed E-state index contributed by atoms with van der Waals surface area (Å²) in [5.74, 6) is 1.84. The van der Waals surface area contributed by atoms with Gasteiger partial charge in [-0.1, -0.05) is 12.1 Å². The second-order valence-corrected chi connectivity index (χ2v) is 4.75. The topological polar surface area (TPSA) is 21.3 Å². The molecule has 2 rings (SSSR count). The lowest BCUT2D eigenvalue weighted by Crippen LogP contribution is -2.42. The van der Waals surface area contributed by atoms with Gasteiger partial charge >= 0.3 is 0 Å². The van der Waals surface area contributed by atoms with Crippen molar-refractivity contribution < 1.29 is 4.74 Å². The summed E-state index contributed by atoms with van der Waals surface area (Å²) < 4.78 is 6.90. The predicted molar refractivity (Wildman–Crippen MR) is 65.6 cm³/mol. The number of nitrogens with one attached hydrogen (secondary N) is 1. The summed E-state index contributed by atoms with van der Waals surface area (Å²) in [6.45, 7) is 3.16. The number of ether oxygens (including phenoxy) is 1. The Morgan fingerprint density at radius 3 is 2.79 bits per heavy atom. The van der Waals surface area contributed by atoms with E-state index in [-0.39, 0.29) is 0 Å². The van der Waals surface area contributed by atoms with Crippen LogP contribution >= 0.6 is 22.6 Å². The van der Waals surface area contributed by atoms with Crippen LogP contribution in [-0.4, -0.2) is 19.7 Å². The first-order chi connectivity index (χ1) is 6.86. The predicted octanol–water partition coefficient (Wildman–Crippen LogP) is 2.28. The highest BCUT2D eigenvalue weighted by atomic mass is 127. The standard InChI is InChI=1S/C11H14INO/c12-10-3-1-2-4-11(10)14-6-5-9-7-13-8-9/h1-4,9,13H,5-8H2. The van der Waals surface area contributed by atoms with E-state index in [2.05, 4.69) is 34.0 Å². The van der Waals surface area contributed by atoms with Gasteiger partial charge in [0.1, 0.15) is 5.75 Å². The van der Waals surface area contributed by atoms with Gasteiger partial charge in [-0.05, 0) is 60.2 Å². The molecule has 0 spiro atoms. The quantitative estimate of drug-likeness (QED) is 0.862. The van der Waals surface area contributed by atoms with Gasteiger partial charge in [0, 0.05) is 0 Å². The van der Waals surface area contributed by atoms with Crippen LogP contribution in [0.2, 0.25) is 0 Å². The molecule has 2 nitrogen and oxygen atoms in total. The molecular formula is C11H14INO. The van der Waals surface area contributed by atoms with E-state index in [9.17, 15) is 0 Å². The van der Waals surface area contributed by atoms with Gasteiger partial charge < -0.3 is 10.1 Å². The van der Waals surface area contributed by atoms with Gasteiger partial charge in [-0.2, -0.15) is 0 Å². The van der Waals surface area contributed by atoms with Crippen LogP contribution in [-0.2, 0) is 0 Å². The Balaban J connectivity index is 1.76. The zero-order valence-electron chi connectivity index (χ0n) is 8.00. The molecule has 1 aliphatic heterocycles. The van der Waals surface area contributed by atoms with Crippen molar-refractivity contribution in [2.45, 2.75) is 6.42 Å². The molecule has 1 aliphatic rings. The fourth-order valence-corrected chi connectivity index (χ4v) is 1.99. The van der Waals surface area contributed by atoms with Gasteiger partial charge in [-0.25, -0.2) is 0 Å². The number of hydrogen-bond donors (Lipinski definition) is 1. The van der Waals surface area contributed by atoms with Gasteiger partial charge in [0.15, 0.2) is 0 Å². The number of rotatable bonds is 4. The number of para-hydroxylation sites is 1. The molecule has 1 heterocycles. The highest BCUT2D eigenvalue weighted by molar-refractivity contribution is 14.1. The molecule has 0 radical (unpaired) electrons. The maximum atomic E-state index is 5.71. The molecule has 0 aliphatic carbocycles.